The Bertz CT molecular complexity index is 4740. The van der Waals surface area contributed by atoms with E-state index in [0.717, 1.165) is 78.4 Å². The van der Waals surface area contributed by atoms with E-state index in [1.165, 1.54) is 96.0 Å². The molecule has 0 aliphatic carbocycles. The second kappa shape index (κ2) is 18.3. The molecule has 0 unspecified atom stereocenters. The minimum atomic E-state index is -0.391. The summed E-state index contributed by atoms with van der Waals surface area (Å²) in [4.78, 5) is 5.12. The van der Waals surface area contributed by atoms with Crippen molar-refractivity contribution in [3.05, 3.63) is 220 Å². The van der Waals surface area contributed by atoms with Crippen molar-refractivity contribution in [3.63, 3.8) is 0 Å². The first-order chi connectivity index (χ1) is 40.8. The lowest BCUT2D eigenvalue weighted by Crippen LogP contribution is -2.60. The molecule has 17 rings (SSSR count). The number of benzene rings is 9. The minimum absolute atomic E-state index is 0.118. The van der Waals surface area contributed by atoms with Gasteiger partial charge in [-0.05, 0) is 181 Å². The summed E-state index contributed by atoms with van der Waals surface area (Å²) in [5.74, 6) is 0. The topological polar surface area (TPSA) is 32.8 Å². The van der Waals surface area contributed by atoms with Crippen LogP contribution in [-0.4, -0.2) is 6.71 Å². The monoisotopic (exact) mass is 1150 g/mol. The van der Waals surface area contributed by atoms with Crippen molar-refractivity contribution in [3.8, 4) is 44.5 Å². The predicted octanol–water partition coefficient (Wildman–Crippen LogP) is 21.7. The quantitative estimate of drug-likeness (QED) is 0.155. The number of rotatable bonds is 6. The largest absolute Gasteiger partial charge is 0.468 e. The van der Waals surface area contributed by atoms with Crippen LogP contribution in [0.3, 0.4) is 0 Å². The van der Waals surface area contributed by atoms with Crippen molar-refractivity contribution in [2.75, 3.05) is 9.80 Å². The number of furan rings is 2. The first-order valence-corrected chi connectivity index (χ1v) is 32.4. The van der Waals surface area contributed by atoms with Gasteiger partial charge in [0.15, 0.2) is 0 Å². The van der Waals surface area contributed by atoms with Gasteiger partial charge in [-0.3, -0.25) is 0 Å². The number of thiophene rings is 4. The maximum atomic E-state index is 7.58. The molecule has 0 atom stereocenters. The number of nitrogens with zero attached hydrogens (tertiary/aromatic N) is 2. The molecule has 6 aromatic heterocycles. The zero-order chi connectivity index (χ0) is 56.5. The van der Waals surface area contributed by atoms with Crippen LogP contribution in [0, 0.1) is 6.92 Å². The Morgan fingerprint density at radius 2 is 0.702 bits per heavy atom. The molecule has 0 saturated heterocycles. The van der Waals surface area contributed by atoms with Crippen LogP contribution in [0.25, 0.3) is 107 Å². The summed E-state index contributed by atoms with van der Waals surface area (Å²) >= 11 is 7.24. The maximum absolute atomic E-state index is 7.58. The Morgan fingerprint density at radius 1 is 0.369 bits per heavy atom. The highest BCUT2D eigenvalue weighted by molar-refractivity contribution is 7.18. The van der Waals surface area contributed by atoms with Crippen molar-refractivity contribution in [2.45, 2.75) is 59.3 Å². The molecule has 9 heteroatoms. The molecule has 0 radical (unpaired) electrons. The molecule has 404 valence electrons. The van der Waals surface area contributed by atoms with Crippen molar-refractivity contribution in [2.24, 2.45) is 0 Å². The molecular weight excluding hydrogens is 1100 g/mol. The van der Waals surface area contributed by atoms with Gasteiger partial charge in [-0.25, -0.2) is 0 Å². The first kappa shape index (κ1) is 50.1. The average Bonchev–Trinajstić information content (AvgIpc) is 1.51. The highest BCUT2D eigenvalue weighted by Gasteiger charge is 2.50. The van der Waals surface area contributed by atoms with E-state index < -0.39 is 6.71 Å². The third-order valence-corrected chi connectivity index (χ3v) is 21.5. The second-order valence-corrected chi connectivity index (χ2v) is 28.6. The lowest BCUT2D eigenvalue weighted by molar-refractivity contribution is 0.590. The van der Waals surface area contributed by atoms with Crippen LogP contribution in [0.1, 0.15) is 58.2 Å². The van der Waals surface area contributed by atoms with E-state index in [9.17, 15) is 0 Å². The molecule has 0 N–H and O–H groups in total. The van der Waals surface area contributed by atoms with E-state index in [1.54, 1.807) is 0 Å². The van der Waals surface area contributed by atoms with Gasteiger partial charge in [0.25, 0.3) is 0 Å². The van der Waals surface area contributed by atoms with E-state index >= 15 is 0 Å². The van der Waals surface area contributed by atoms with Gasteiger partial charge in [-0.2, -0.15) is 0 Å². The fourth-order valence-corrected chi connectivity index (χ4v) is 17.4. The van der Waals surface area contributed by atoms with Crippen molar-refractivity contribution in [1.29, 1.82) is 0 Å². The van der Waals surface area contributed by atoms with Crippen LogP contribution < -0.4 is 26.6 Å². The van der Waals surface area contributed by atoms with Gasteiger partial charge in [-0.1, -0.05) is 126 Å². The van der Waals surface area contributed by atoms with Crippen LogP contribution in [0.4, 0.5) is 34.1 Å². The zero-order valence-electron chi connectivity index (χ0n) is 47.6. The zero-order valence-corrected chi connectivity index (χ0v) is 50.8. The van der Waals surface area contributed by atoms with Crippen LogP contribution in [0.5, 0.6) is 0 Å². The summed E-state index contributed by atoms with van der Waals surface area (Å²) in [5, 5.41) is 16.6. The predicted molar refractivity (Wildman–Crippen MR) is 365 cm³/mol. The molecule has 0 amide bonds. The van der Waals surface area contributed by atoms with Crippen molar-refractivity contribution < 1.29 is 8.83 Å². The smallest absolute Gasteiger partial charge is 0.342 e. The third-order valence-electron chi connectivity index (χ3n) is 17.7. The summed E-state index contributed by atoms with van der Waals surface area (Å²) in [6.45, 7) is 15.7. The Hall–Kier alpha value is -8.44. The molecule has 0 spiro atoms. The Labute approximate surface area is 504 Å². The van der Waals surface area contributed by atoms with Gasteiger partial charge in [-0.15, -0.1) is 45.3 Å². The van der Waals surface area contributed by atoms with Gasteiger partial charge < -0.3 is 18.6 Å². The molecular formula is C75H55BN2O2S4. The highest BCUT2D eigenvalue weighted by Crippen LogP contribution is 2.53. The fraction of sp³-hybridized carbons (Fsp3) is 0.120. The highest BCUT2D eigenvalue weighted by atomic mass is 32.1. The van der Waals surface area contributed by atoms with Crippen molar-refractivity contribution >= 4 is 165 Å². The standard InChI is InChI=1S/C75H55BN2O2S4/c1-42-28-61-69-62(29-42)78(50-34-45(59-40-83-67-22-14-10-18-53(59)67)31-46(35-50)60-41-84-68-23-15-11-19-54(60)68)71-56-37-48(75(5,6)7)25-27-64(56)80-73(71)76(69)72-70(55-36-47(74(2,3)4)24-26-63(55)79-72)77(61)49-32-43(57-38-81-65-20-12-8-16-51(57)65)30-44(33-49)58-39-82-66-21-13-9-17-52(58)66/h8-41H,1-7H3. The summed E-state index contributed by atoms with van der Waals surface area (Å²) in [7, 11) is 0. The normalized spacial score (nSPS) is 13.3. The molecule has 0 fully saturated rings. The number of aryl methyl sites for hydroxylation is 1. The molecule has 0 saturated carbocycles. The SMILES string of the molecule is Cc1cc2c3c(c1)N(c1cc(-c4csc5ccccc45)cc(-c4csc5ccccc45)c1)c1c(oc4ccc(C(C)(C)C)cc14)B3c1oc3ccc(C(C)(C)C)cc3c1N2c1cc(-c2csc3ccccc23)cc(-c2csc3ccccc23)c1. The van der Waals surface area contributed by atoms with Crippen molar-refractivity contribution in [1.82, 2.24) is 0 Å². The van der Waals surface area contributed by atoms with E-state index in [0.29, 0.717) is 0 Å². The van der Waals surface area contributed by atoms with E-state index in [2.05, 4.69) is 262 Å². The van der Waals surface area contributed by atoms with Crippen LogP contribution in [0.2, 0.25) is 0 Å². The third kappa shape index (κ3) is 7.61. The second-order valence-electron chi connectivity index (χ2n) is 25.0. The number of fused-ring (bicyclic) bond motifs is 12. The van der Waals surface area contributed by atoms with E-state index in [4.69, 9.17) is 8.83 Å². The molecule has 4 nitrogen and oxygen atoms in total. The van der Waals surface area contributed by atoms with Gasteiger partial charge in [0, 0.05) is 96.1 Å². The number of hydrogen-bond acceptors (Lipinski definition) is 8. The van der Waals surface area contributed by atoms with Gasteiger partial charge in [0.05, 0.1) is 11.4 Å². The summed E-state index contributed by atoms with van der Waals surface area (Å²) in [6.07, 6.45) is 0. The van der Waals surface area contributed by atoms with Gasteiger partial charge in [0.1, 0.15) is 22.5 Å². The van der Waals surface area contributed by atoms with Crippen LogP contribution in [-0.2, 0) is 10.8 Å². The summed E-state index contributed by atoms with van der Waals surface area (Å²) < 4.78 is 20.3. The molecule has 2 aliphatic heterocycles. The van der Waals surface area contributed by atoms with Gasteiger partial charge in [0.2, 0.25) is 0 Å². The first-order valence-electron chi connectivity index (χ1n) is 28.8. The minimum Gasteiger partial charge on any atom is -0.468 e. The average molecular weight is 1160 g/mol. The lowest BCUT2D eigenvalue weighted by Gasteiger charge is -2.41. The molecule has 2 aliphatic rings. The van der Waals surface area contributed by atoms with Gasteiger partial charge >= 0.3 is 6.71 Å². The molecule has 9 aromatic carbocycles. The van der Waals surface area contributed by atoms with Crippen LogP contribution >= 0.6 is 45.3 Å². The number of anilines is 6. The Balaban J connectivity index is 0.996. The molecule has 0 bridgehead atoms. The van der Waals surface area contributed by atoms with Crippen LogP contribution in [0.15, 0.2) is 212 Å². The molecule has 84 heavy (non-hydrogen) atoms. The Morgan fingerprint density at radius 3 is 1.04 bits per heavy atom. The number of hydrogen-bond donors (Lipinski definition) is 0. The maximum Gasteiger partial charge on any atom is 0.342 e. The summed E-state index contributed by atoms with van der Waals surface area (Å²) in [5.41, 5.74) is 24.1. The molecule has 8 heterocycles. The lowest BCUT2D eigenvalue weighted by atomic mass is 9.37. The molecule has 15 aromatic rings. The van der Waals surface area contributed by atoms with E-state index in [1.807, 2.05) is 45.3 Å². The Kier molecular flexibility index (Phi) is 10.9. The van der Waals surface area contributed by atoms with E-state index in [-0.39, 0.29) is 10.8 Å². The fourth-order valence-electron chi connectivity index (χ4n) is 13.5. The summed E-state index contributed by atoms with van der Waals surface area (Å²) in [6, 6.07) is 68.5.